The summed E-state index contributed by atoms with van der Waals surface area (Å²) in [7, 11) is 0. The van der Waals surface area contributed by atoms with Gasteiger partial charge in [-0.15, -0.1) is 0 Å². The van der Waals surface area contributed by atoms with Gasteiger partial charge in [-0.3, -0.25) is 15.8 Å². The van der Waals surface area contributed by atoms with Crippen molar-refractivity contribution in [2.45, 2.75) is 78.4 Å². The Hall–Kier alpha value is -2.04. The lowest BCUT2D eigenvalue weighted by Gasteiger charge is -2.52. The van der Waals surface area contributed by atoms with E-state index in [1.54, 1.807) is 6.21 Å². The van der Waals surface area contributed by atoms with Crippen molar-refractivity contribution in [3.05, 3.63) is 23.7 Å². The maximum Gasteiger partial charge on any atom is 0.186 e. The van der Waals surface area contributed by atoms with E-state index in [1.165, 1.54) is 19.3 Å². The van der Waals surface area contributed by atoms with Crippen LogP contribution < -0.4 is 21.5 Å². The predicted octanol–water partition coefficient (Wildman–Crippen LogP) is 3.48. The van der Waals surface area contributed by atoms with Gasteiger partial charge in [-0.25, -0.2) is 0 Å². The molecule has 32 heavy (non-hydrogen) atoms. The monoisotopic (exact) mass is 479 g/mol. The standard InChI is InChI=1S/C22H37N7OS2/c1-7-23-19(31)27-25-14-17(26-28-20(32)24-8-2)18-11-10-16(30-18)15-29-21(3,4)12-9-13-22(29,5)6/h10-11,14H,7-9,12-13,15H2,1-6H3,(H2,23,27,31)(H2,24,28,32)/b25-14+,26-17-. The van der Waals surface area contributed by atoms with Crippen LogP contribution in [0.2, 0.25) is 0 Å². The van der Waals surface area contributed by atoms with Gasteiger partial charge in [0.1, 0.15) is 11.5 Å². The maximum absolute atomic E-state index is 6.19. The molecule has 4 N–H and O–H groups in total. The average molecular weight is 480 g/mol. The topological polar surface area (TPSA) is 89.2 Å². The van der Waals surface area contributed by atoms with Crippen molar-refractivity contribution in [2.75, 3.05) is 13.1 Å². The highest BCUT2D eigenvalue weighted by Gasteiger charge is 2.41. The van der Waals surface area contributed by atoms with Crippen LogP contribution in [0, 0.1) is 0 Å². The number of furan rings is 1. The van der Waals surface area contributed by atoms with Crippen molar-refractivity contribution < 1.29 is 4.42 Å². The molecule has 8 nitrogen and oxygen atoms in total. The predicted molar refractivity (Wildman–Crippen MR) is 140 cm³/mol. The minimum atomic E-state index is 0.110. The zero-order chi connectivity index (χ0) is 23.8. The fraction of sp³-hybridized carbons (Fsp3) is 0.636. The molecule has 0 saturated carbocycles. The number of likely N-dealkylation sites (tertiary alicyclic amines) is 1. The minimum Gasteiger partial charge on any atom is -0.458 e. The molecule has 178 valence electrons. The van der Waals surface area contributed by atoms with Crippen LogP contribution in [-0.4, -0.2) is 51.2 Å². The zero-order valence-corrected chi connectivity index (χ0v) is 21.7. The summed E-state index contributed by atoms with van der Waals surface area (Å²) in [5.41, 5.74) is 6.33. The molecule has 0 atom stereocenters. The van der Waals surface area contributed by atoms with Crippen LogP contribution in [0.5, 0.6) is 0 Å². The Bertz CT molecular complexity index is 829. The molecule has 1 fully saturated rings. The van der Waals surface area contributed by atoms with Gasteiger partial charge in [0.05, 0.1) is 12.8 Å². The van der Waals surface area contributed by atoms with Gasteiger partial charge in [0.2, 0.25) is 0 Å². The summed E-state index contributed by atoms with van der Waals surface area (Å²) in [6, 6.07) is 3.91. The molecule has 0 radical (unpaired) electrons. The van der Waals surface area contributed by atoms with Gasteiger partial charge in [0, 0.05) is 24.2 Å². The third-order valence-electron chi connectivity index (χ3n) is 5.57. The van der Waals surface area contributed by atoms with Crippen molar-refractivity contribution >= 4 is 46.6 Å². The summed E-state index contributed by atoms with van der Waals surface area (Å²) >= 11 is 10.4. The number of hydrazone groups is 2. The first-order chi connectivity index (χ1) is 15.1. The molecule has 1 aliphatic heterocycles. The summed E-state index contributed by atoms with van der Waals surface area (Å²) in [4.78, 5) is 2.53. The first kappa shape index (κ1) is 26.2. The van der Waals surface area contributed by atoms with Crippen molar-refractivity contribution in [3.8, 4) is 0 Å². The Kier molecular flexibility index (Phi) is 9.60. The van der Waals surface area contributed by atoms with E-state index in [2.05, 4.69) is 64.3 Å². The molecule has 0 bridgehead atoms. The molecular weight excluding hydrogens is 442 g/mol. The van der Waals surface area contributed by atoms with Crippen molar-refractivity contribution in [1.82, 2.24) is 26.4 Å². The van der Waals surface area contributed by atoms with E-state index in [9.17, 15) is 0 Å². The lowest BCUT2D eigenvalue weighted by Crippen LogP contribution is -2.57. The second-order valence-corrected chi connectivity index (χ2v) is 9.84. The number of nitrogens with zero attached hydrogens (tertiary/aromatic N) is 3. The number of hydrogen-bond acceptors (Lipinski definition) is 6. The van der Waals surface area contributed by atoms with Gasteiger partial charge in [-0.05, 0) is 97.4 Å². The summed E-state index contributed by atoms with van der Waals surface area (Å²) in [5.74, 6) is 1.48. The van der Waals surface area contributed by atoms with Crippen LogP contribution in [0.25, 0.3) is 0 Å². The van der Waals surface area contributed by atoms with Gasteiger partial charge in [0.25, 0.3) is 0 Å². The van der Waals surface area contributed by atoms with Crippen LogP contribution in [0.4, 0.5) is 0 Å². The van der Waals surface area contributed by atoms with Gasteiger partial charge >= 0.3 is 0 Å². The Morgan fingerprint density at radius 1 is 1.03 bits per heavy atom. The third kappa shape index (κ3) is 7.53. The number of thiocarbonyl (C=S) groups is 2. The van der Waals surface area contributed by atoms with E-state index in [0.29, 0.717) is 34.8 Å². The summed E-state index contributed by atoms with van der Waals surface area (Å²) in [5, 5.41) is 15.4. The van der Waals surface area contributed by atoms with Gasteiger partial charge in [-0.1, -0.05) is 0 Å². The molecule has 1 aromatic heterocycles. The number of piperidine rings is 1. The molecule has 0 spiro atoms. The SMILES string of the molecule is CCNC(=S)N/N=C(/C=N/NC(=S)NCC)c1ccc(CN2C(C)(C)CCCC2(C)C)o1. The highest BCUT2D eigenvalue weighted by Crippen LogP contribution is 2.39. The molecule has 0 aliphatic carbocycles. The maximum atomic E-state index is 6.19. The smallest absolute Gasteiger partial charge is 0.186 e. The molecule has 0 amide bonds. The Labute approximate surface area is 202 Å². The Balaban J connectivity index is 2.21. The number of nitrogens with one attached hydrogen (secondary N) is 4. The first-order valence-electron chi connectivity index (χ1n) is 11.1. The molecule has 2 rings (SSSR count). The van der Waals surface area contributed by atoms with Crippen LogP contribution in [0.1, 0.15) is 72.3 Å². The molecule has 1 saturated heterocycles. The molecule has 1 aliphatic rings. The summed E-state index contributed by atoms with van der Waals surface area (Å²) in [6.45, 7) is 15.3. The minimum absolute atomic E-state index is 0.110. The molecule has 0 aromatic carbocycles. The second-order valence-electron chi connectivity index (χ2n) is 9.03. The molecular formula is C22H37N7OS2. The van der Waals surface area contributed by atoms with Gasteiger partial charge in [0.15, 0.2) is 16.0 Å². The second kappa shape index (κ2) is 11.7. The molecule has 10 heteroatoms. The largest absolute Gasteiger partial charge is 0.458 e. The van der Waals surface area contributed by atoms with Crippen molar-refractivity contribution in [1.29, 1.82) is 0 Å². The van der Waals surface area contributed by atoms with E-state index in [1.807, 2.05) is 26.0 Å². The van der Waals surface area contributed by atoms with Crippen molar-refractivity contribution in [3.63, 3.8) is 0 Å². The molecule has 2 heterocycles. The van der Waals surface area contributed by atoms with E-state index < -0.39 is 0 Å². The lowest BCUT2D eigenvalue weighted by molar-refractivity contribution is -0.0384. The lowest BCUT2D eigenvalue weighted by atomic mass is 9.80. The highest BCUT2D eigenvalue weighted by atomic mass is 32.1. The molecule has 1 aromatic rings. The van der Waals surface area contributed by atoms with Crippen LogP contribution in [0.3, 0.4) is 0 Å². The molecule has 0 unspecified atom stereocenters. The summed E-state index contributed by atoms with van der Waals surface area (Å²) in [6.07, 6.45) is 5.15. The fourth-order valence-corrected chi connectivity index (χ4v) is 4.43. The number of rotatable bonds is 8. The van der Waals surface area contributed by atoms with Gasteiger partial charge in [-0.2, -0.15) is 10.2 Å². The fourth-order valence-electron chi connectivity index (χ4n) is 4.04. The first-order valence-corrected chi connectivity index (χ1v) is 12.0. The van der Waals surface area contributed by atoms with E-state index >= 15 is 0 Å². The Morgan fingerprint density at radius 3 is 2.22 bits per heavy atom. The summed E-state index contributed by atoms with van der Waals surface area (Å²) < 4.78 is 6.19. The zero-order valence-electron chi connectivity index (χ0n) is 20.0. The van der Waals surface area contributed by atoms with Crippen LogP contribution in [0.15, 0.2) is 26.8 Å². The number of hydrogen-bond donors (Lipinski definition) is 4. The van der Waals surface area contributed by atoms with Crippen LogP contribution >= 0.6 is 24.4 Å². The quantitative estimate of drug-likeness (QED) is 0.256. The van der Waals surface area contributed by atoms with E-state index in [4.69, 9.17) is 28.9 Å². The Morgan fingerprint density at radius 2 is 1.62 bits per heavy atom. The normalized spacial score (nSPS) is 18.4. The average Bonchev–Trinajstić information content (AvgIpc) is 3.16. The van der Waals surface area contributed by atoms with Gasteiger partial charge < -0.3 is 15.1 Å². The van der Waals surface area contributed by atoms with Crippen molar-refractivity contribution in [2.24, 2.45) is 10.2 Å². The van der Waals surface area contributed by atoms with Crippen LogP contribution in [-0.2, 0) is 6.54 Å². The highest BCUT2D eigenvalue weighted by molar-refractivity contribution is 7.80. The van der Waals surface area contributed by atoms with E-state index in [0.717, 1.165) is 12.3 Å². The third-order valence-corrected chi connectivity index (χ3v) is 6.04. The van der Waals surface area contributed by atoms with E-state index in [-0.39, 0.29) is 11.1 Å².